The van der Waals surface area contributed by atoms with Gasteiger partial charge in [0.25, 0.3) is 0 Å². The fourth-order valence-electron chi connectivity index (χ4n) is 1.49. The van der Waals surface area contributed by atoms with Crippen molar-refractivity contribution >= 4 is 17.4 Å². The SMILES string of the molecule is C=C1Cc2ccccc2NCCS1. The number of hydrogen-bond donors (Lipinski definition) is 1. The summed E-state index contributed by atoms with van der Waals surface area (Å²) in [7, 11) is 0. The van der Waals surface area contributed by atoms with E-state index in [4.69, 9.17) is 0 Å². The van der Waals surface area contributed by atoms with Crippen LogP contribution in [0.3, 0.4) is 0 Å². The molecular weight excluding hydrogens is 178 g/mol. The fourth-order valence-corrected chi connectivity index (χ4v) is 2.24. The standard InChI is InChI=1S/C11H13NS/c1-9-8-10-4-2-3-5-11(10)12-6-7-13-9/h2-5,12H,1,6-8H2. The highest BCUT2D eigenvalue weighted by Gasteiger charge is 2.06. The largest absolute Gasteiger partial charge is 0.384 e. The molecule has 0 spiro atoms. The molecule has 1 aliphatic rings. The summed E-state index contributed by atoms with van der Waals surface area (Å²) in [4.78, 5) is 1.27. The molecule has 0 bridgehead atoms. The average molecular weight is 191 g/mol. The van der Waals surface area contributed by atoms with E-state index in [2.05, 4.69) is 36.2 Å². The van der Waals surface area contributed by atoms with Gasteiger partial charge in [0.1, 0.15) is 0 Å². The van der Waals surface area contributed by atoms with E-state index >= 15 is 0 Å². The van der Waals surface area contributed by atoms with Crippen molar-refractivity contribution in [2.75, 3.05) is 17.6 Å². The van der Waals surface area contributed by atoms with Gasteiger partial charge in [0, 0.05) is 24.4 Å². The maximum absolute atomic E-state index is 4.05. The number of fused-ring (bicyclic) bond motifs is 1. The lowest BCUT2D eigenvalue weighted by Crippen LogP contribution is -2.09. The van der Waals surface area contributed by atoms with Gasteiger partial charge < -0.3 is 5.32 Å². The maximum Gasteiger partial charge on any atom is 0.0376 e. The van der Waals surface area contributed by atoms with Gasteiger partial charge in [-0.3, -0.25) is 0 Å². The van der Waals surface area contributed by atoms with E-state index in [1.165, 1.54) is 16.2 Å². The second-order valence-corrected chi connectivity index (χ2v) is 4.42. The van der Waals surface area contributed by atoms with Crippen molar-refractivity contribution in [1.82, 2.24) is 0 Å². The minimum Gasteiger partial charge on any atom is -0.384 e. The van der Waals surface area contributed by atoms with E-state index < -0.39 is 0 Å². The van der Waals surface area contributed by atoms with Crippen molar-refractivity contribution in [3.8, 4) is 0 Å². The molecule has 0 unspecified atom stereocenters. The van der Waals surface area contributed by atoms with Crippen LogP contribution in [0.5, 0.6) is 0 Å². The quantitative estimate of drug-likeness (QED) is 0.676. The highest BCUT2D eigenvalue weighted by molar-refractivity contribution is 8.03. The molecule has 0 saturated heterocycles. The molecule has 0 saturated carbocycles. The van der Waals surface area contributed by atoms with Crippen LogP contribution in [-0.4, -0.2) is 12.3 Å². The molecule has 1 nitrogen and oxygen atoms in total. The number of rotatable bonds is 0. The number of anilines is 1. The minimum absolute atomic E-state index is 0.994. The zero-order chi connectivity index (χ0) is 9.10. The molecular formula is C11H13NS. The highest BCUT2D eigenvalue weighted by atomic mass is 32.2. The topological polar surface area (TPSA) is 12.0 Å². The van der Waals surface area contributed by atoms with Gasteiger partial charge in [0.15, 0.2) is 0 Å². The van der Waals surface area contributed by atoms with Crippen molar-refractivity contribution in [2.24, 2.45) is 0 Å². The van der Waals surface area contributed by atoms with E-state index in [0.29, 0.717) is 0 Å². The van der Waals surface area contributed by atoms with Crippen LogP contribution in [0.1, 0.15) is 5.56 Å². The first kappa shape index (κ1) is 8.70. The third kappa shape index (κ3) is 2.07. The molecule has 68 valence electrons. The first-order valence-electron chi connectivity index (χ1n) is 4.48. The zero-order valence-corrected chi connectivity index (χ0v) is 8.36. The molecule has 0 amide bonds. The van der Waals surface area contributed by atoms with Crippen LogP contribution in [0.4, 0.5) is 5.69 Å². The third-order valence-corrected chi connectivity index (χ3v) is 3.09. The van der Waals surface area contributed by atoms with E-state index in [1.54, 1.807) is 0 Å². The van der Waals surface area contributed by atoms with Gasteiger partial charge in [-0.25, -0.2) is 0 Å². The Labute approximate surface area is 83.2 Å². The Balaban J connectivity index is 2.30. The van der Waals surface area contributed by atoms with Gasteiger partial charge in [0.2, 0.25) is 0 Å². The van der Waals surface area contributed by atoms with E-state index in [-0.39, 0.29) is 0 Å². The molecule has 1 aromatic rings. The molecule has 0 atom stereocenters. The molecule has 0 fully saturated rings. The predicted molar refractivity (Wildman–Crippen MR) is 60.2 cm³/mol. The number of para-hydroxylation sites is 1. The van der Waals surface area contributed by atoms with Crippen molar-refractivity contribution in [2.45, 2.75) is 6.42 Å². The Hall–Kier alpha value is -0.890. The monoisotopic (exact) mass is 191 g/mol. The van der Waals surface area contributed by atoms with Gasteiger partial charge in [-0.1, -0.05) is 24.8 Å². The van der Waals surface area contributed by atoms with E-state index in [0.717, 1.165) is 18.7 Å². The molecule has 1 aliphatic heterocycles. The lowest BCUT2D eigenvalue weighted by Gasteiger charge is -2.16. The first-order chi connectivity index (χ1) is 6.36. The van der Waals surface area contributed by atoms with Crippen LogP contribution in [0.25, 0.3) is 0 Å². The summed E-state index contributed by atoms with van der Waals surface area (Å²) in [6.07, 6.45) is 0.994. The molecule has 1 N–H and O–H groups in total. The van der Waals surface area contributed by atoms with Crippen molar-refractivity contribution in [3.63, 3.8) is 0 Å². The third-order valence-electron chi connectivity index (χ3n) is 2.13. The van der Waals surface area contributed by atoms with Gasteiger partial charge in [-0.05, 0) is 16.5 Å². The second kappa shape index (κ2) is 3.88. The summed E-state index contributed by atoms with van der Waals surface area (Å²) in [5.41, 5.74) is 2.63. The summed E-state index contributed by atoms with van der Waals surface area (Å²) >= 11 is 1.86. The number of hydrogen-bond acceptors (Lipinski definition) is 2. The van der Waals surface area contributed by atoms with Crippen molar-refractivity contribution < 1.29 is 0 Å². The molecule has 2 rings (SSSR count). The summed E-state index contributed by atoms with van der Waals surface area (Å²) in [6, 6.07) is 8.46. The molecule has 13 heavy (non-hydrogen) atoms. The Morgan fingerprint density at radius 3 is 3.08 bits per heavy atom. The molecule has 1 aromatic carbocycles. The highest BCUT2D eigenvalue weighted by Crippen LogP contribution is 2.25. The predicted octanol–water partition coefficient (Wildman–Crippen LogP) is 2.90. The van der Waals surface area contributed by atoms with Gasteiger partial charge in [-0.2, -0.15) is 0 Å². The second-order valence-electron chi connectivity index (χ2n) is 3.15. The Morgan fingerprint density at radius 1 is 1.31 bits per heavy atom. The average Bonchev–Trinajstić information content (AvgIpc) is 2.11. The zero-order valence-electron chi connectivity index (χ0n) is 7.55. The lowest BCUT2D eigenvalue weighted by atomic mass is 10.1. The van der Waals surface area contributed by atoms with Gasteiger partial charge in [0.05, 0.1) is 0 Å². The van der Waals surface area contributed by atoms with E-state index in [9.17, 15) is 0 Å². The Bertz CT molecular complexity index is 320. The summed E-state index contributed by atoms with van der Waals surface area (Å²) in [5, 5.41) is 3.42. The number of nitrogens with one attached hydrogen (secondary N) is 1. The summed E-state index contributed by atoms with van der Waals surface area (Å²) < 4.78 is 0. The van der Waals surface area contributed by atoms with Gasteiger partial charge >= 0.3 is 0 Å². The minimum atomic E-state index is 0.994. The number of thioether (sulfide) groups is 1. The van der Waals surface area contributed by atoms with Crippen LogP contribution < -0.4 is 5.32 Å². The van der Waals surface area contributed by atoms with Crippen molar-refractivity contribution in [1.29, 1.82) is 0 Å². The maximum atomic E-state index is 4.05. The molecule has 0 aromatic heterocycles. The van der Waals surface area contributed by atoms with Crippen LogP contribution in [-0.2, 0) is 6.42 Å². The molecule has 2 heteroatoms. The first-order valence-corrected chi connectivity index (χ1v) is 5.47. The normalized spacial score (nSPS) is 16.8. The summed E-state index contributed by atoms with van der Waals surface area (Å²) in [6.45, 7) is 5.08. The Morgan fingerprint density at radius 2 is 2.15 bits per heavy atom. The Kier molecular flexibility index (Phi) is 2.60. The van der Waals surface area contributed by atoms with Crippen LogP contribution in [0, 0.1) is 0 Å². The van der Waals surface area contributed by atoms with E-state index in [1.807, 2.05) is 11.8 Å². The molecule has 0 aliphatic carbocycles. The molecule has 1 heterocycles. The van der Waals surface area contributed by atoms with Crippen LogP contribution in [0.2, 0.25) is 0 Å². The smallest absolute Gasteiger partial charge is 0.0376 e. The molecule has 0 radical (unpaired) electrons. The fraction of sp³-hybridized carbons (Fsp3) is 0.273. The van der Waals surface area contributed by atoms with Crippen LogP contribution in [0.15, 0.2) is 35.7 Å². The summed E-state index contributed by atoms with van der Waals surface area (Å²) in [5.74, 6) is 1.12. The van der Waals surface area contributed by atoms with Crippen molar-refractivity contribution in [3.05, 3.63) is 41.3 Å². The lowest BCUT2D eigenvalue weighted by molar-refractivity contribution is 1.16. The van der Waals surface area contributed by atoms with Crippen LogP contribution >= 0.6 is 11.8 Å². The van der Waals surface area contributed by atoms with Gasteiger partial charge in [-0.15, -0.1) is 11.8 Å². The number of benzene rings is 1. The number of allylic oxidation sites excluding steroid dienone is 1.